The van der Waals surface area contributed by atoms with E-state index in [0.29, 0.717) is 11.3 Å². The summed E-state index contributed by atoms with van der Waals surface area (Å²) in [5.74, 6) is 0.992. The van der Waals surface area contributed by atoms with Gasteiger partial charge < -0.3 is 9.88 Å². The number of carbonyl (C=O) groups excluding carboxylic acids is 2. The highest BCUT2D eigenvalue weighted by Gasteiger charge is 2.30. The van der Waals surface area contributed by atoms with E-state index in [-0.39, 0.29) is 17.6 Å². The molecule has 1 aliphatic rings. The first-order valence-electron chi connectivity index (χ1n) is 9.80. The fourth-order valence-electron chi connectivity index (χ4n) is 4.25. The number of aromatic amines is 1. The summed E-state index contributed by atoms with van der Waals surface area (Å²) in [4.78, 5) is 42.4. The Balaban J connectivity index is 1.47. The molecule has 0 amide bonds. The minimum atomic E-state index is -0.250. The maximum Gasteiger partial charge on any atom is 0.196 e. The molecule has 0 bridgehead atoms. The van der Waals surface area contributed by atoms with E-state index in [4.69, 9.17) is 0 Å². The fraction of sp³-hybridized carbons (Fsp3) is 0.429. The van der Waals surface area contributed by atoms with Crippen molar-refractivity contribution in [2.24, 2.45) is 0 Å². The average Bonchev–Trinajstić information content (AvgIpc) is 3.30. The van der Waals surface area contributed by atoms with E-state index in [1.807, 2.05) is 26.2 Å². The number of hydrogen-bond acceptors (Lipinski definition) is 7. The van der Waals surface area contributed by atoms with Gasteiger partial charge in [0.15, 0.2) is 11.6 Å². The van der Waals surface area contributed by atoms with Crippen molar-refractivity contribution >= 4 is 38.9 Å². The summed E-state index contributed by atoms with van der Waals surface area (Å²) in [5, 5.41) is 3.12. The number of anilines is 1. The summed E-state index contributed by atoms with van der Waals surface area (Å²) >= 11 is 1.62. The molecule has 0 aromatic carbocycles. The first kappa shape index (κ1) is 19.7. The van der Waals surface area contributed by atoms with Gasteiger partial charge in [0.05, 0.1) is 17.1 Å². The monoisotopic (exact) mass is 411 g/mol. The molecule has 1 saturated heterocycles. The number of Topliss-reactive ketones (excluding diaryl/α,β-unsaturated/α-hetero) is 2. The van der Waals surface area contributed by atoms with Gasteiger partial charge in [0.25, 0.3) is 0 Å². The predicted octanol–water partition coefficient (Wildman–Crippen LogP) is 3.23. The fourth-order valence-corrected chi connectivity index (χ4v) is 4.98. The maximum absolute atomic E-state index is 13.1. The van der Waals surface area contributed by atoms with Gasteiger partial charge in [0.1, 0.15) is 17.0 Å². The van der Waals surface area contributed by atoms with E-state index in [1.165, 1.54) is 6.92 Å². The maximum atomic E-state index is 13.1. The highest BCUT2D eigenvalue weighted by atomic mass is 32.1. The minimum absolute atomic E-state index is 0.0128. The van der Waals surface area contributed by atoms with Gasteiger partial charge in [-0.2, -0.15) is 0 Å². The molecule has 0 saturated carbocycles. The summed E-state index contributed by atoms with van der Waals surface area (Å²) in [6, 6.07) is 1.82. The van der Waals surface area contributed by atoms with Crippen LogP contribution in [0.15, 0.2) is 17.8 Å². The number of H-pyrrole nitrogens is 1. The van der Waals surface area contributed by atoms with Crippen LogP contribution in [0.5, 0.6) is 0 Å². The summed E-state index contributed by atoms with van der Waals surface area (Å²) < 4.78 is 0. The Morgan fingerprint density at radius 3 is 2.55 bits per heavy atom. The molecule has 1 aliphatic heterocycles. The number of thiophene rings is 1. The van der Waals surface area contributed by atoms with Crippen LogP contribution in [0.3, 0.4) is 0 Å². The smallest absolute Gasteiger partial charge is 0.196 e. The quantitative estimate of drug-likeness (QED) is 0.649. The molecule has 8 heteroatoms. The number of nitrogens with one attached hydrogen (secondary N) is 1. The van der Waals surface area contributed by atoms with E-state index in [0.717, 1.165) is 53.5 Å². The van der Waals surface area contributed by atoms with Crippen LogP contribution in [0, 0.1) is 13.8 Å². The zero-order chi connectivity index (χ0) is 20.7. The van der Waals surface area contributed by atoms with Gasteiger partial charge in [0, 0.05) is 37.4 Å². The third-order valence-corrected chi connectivity index (χ3v) is 6.64. The largest absolute Gasteiger partial charge is 0.355 e. The van der Waals surface area contributed by atoms with Crippen molar-refractivity contribution in [2.45, 2.75) is 33.7 Å². The van der Waals surface area contributed by atoms with Crippen LogP contribution in [0.4, 0.5) is 5.82 Å². The van der Waals surface area contributed by atoms with Crippen LogP contribution < -0.4 is 4.90 Å². The molecule has 1 fully saturated rings. The lowest BCUT2D eigenvalue weighted by atomic mass is 10.0. The van der Waals surface area contributed by atoms with E-state index >= 15 is 0 Å². The van der Waals surface area contributed by atoms with Crippen molar-refractivity contribution in [3.8, 4) is 0 Å². The molecule has 1 atom stereocenters. The molecule has 29 heavy (non-hydrogen) atoms. The van der Waals surface area contributed by atoms with Crippen molar-refractivity contribution in [1.82, 2.24) is 19.9 Å². The number of nitrogens with zero attached hydrogens (tertiary/aromatic N) is 4. The average molecular weight is 412 g/mol. The van der Waals surface area contributed by atoms with E-state index < -0.39 is 0 Å². The number of ketones is 2. The van der Waals surface area contributed by atoms with Crippen LogP contribution in [-0.2, 0) is 0 Å². The number of rotatable bonds is 5. The topological polar surface area (TPSA) is 82.2 Å². The molecule has 0 aliphatic carbocycles. The minimum Gasteiger partial charge on any atom is -0.355 e. The molecule has 0 spiro atoms. The molecule has 4 heterocycles. The number of fused-ring (bicyclic) bond motifs is 1. The highest BCUT2D eigenvalue weighted by molar-refractivity contribution is 7.16. The van der Waals surface area contributed by atoms with Gasteiger partial charge >= 0.3 is 0 Å². The van der Waals surface area contributed by atoms with E-state index in [2.05, 4.69) is 30.8 Å². The zero-order valence-corrected chi connectivity index (χ0v) is 18.0. The lowest BCUT2D eigenvalue weighted by Crippen LogP contribution is -2.52. The molecule has 3 aromatic rings. The van der Waals surface area contributed by atoms with Gasteiger partial charge in [-0.15, -0.1) is 11.3 Å². The number of piperazine rings is 1. The number of aromatic nitrogens is 3. The van der Waals surface area contributed by atoms with Crippen LogP contribution in [-0.4, -0.2) is 63.6 Å². The van der Waals surface area contributed by atoms with Gasteiger partial charge in [-0.05, 0) is 44.7 Å². The Morgan fingerprint density at radius 2 is 1.90 bits per heavy atom. The lowest BCUT2D eigenvalue weighted by molar-refractivity contribution is 0.0824. The molecule has 4 rings (SSSR count). The number of hydrogen-bond donors (Lipinski definition) is 1. The van der Waals surface area contributed by atoms with Crippen molar-refractivity contribution in [3.63, 3.8) is 0 Å². The van der Waals surface area contributed by atoms with Crippen LogP contribution >= 0.6 is 11.3 Å². The molecular formula is C21H25N5O2S. The van der Waals surface area contributed by atoms with Crippen molar-refractivity contribution < 1.29 is 9.59 Å². The van der Waals surface area contributed by atoms with E-state index in [9.17, 15) is 9.59 Å². The summed E-state index contributed by atoms with van der Waals surface area (Å²) in [5.41, 5.74) is 2.71. The third-order valence-electron chi connectivity index (χ3n) is 5.82. The second-order valence-corrected chi connectivity index (χ2v) is 8.48. The normalized spacial score (nSPS) is 16.3. The molecule has 7 nitrogen and oxygen atoms in total. The Morgan fingerprint density at radius 1 is 1.17 bits per heavy atom. The summed E-state index contributed by atoms with van der Waals surface area (Å²) in [6.07, 6.45) is 1.62. The Hall–Kier alpha value is -2.58. The molecule has 1 N–H and O–H groups in total. The molecule has 0 radical (unpaired) electrons. The predicted molar refractivity (Wildman–Crippen MR) is 115 cm³/mol. The zero-order valence-electron chi connectivity index (χ0n) is 17.2. The highest BCUT2D eigenvalue weighted by Crippen LogP contribution is 2.28. The van der Waals surface area contributed by atoms with Crippen molar-refractivity contribution in [2.75, 3.05) is 31.1 Å². The standard InChI is InChI=1S/C21H25N5O2S/c1-12-17(15(4)27)13(2)24-18(12)19(28)14(3)25-6-8-26(9-7-25)20-16-5-10-29-21(16)23-11-22-20/h5,10-11,14,24H,6-9H2,1-4H3. The summed E-state index contributed by atoms with van der Waals surface area (Å²) in [6.45, 7) is 10.3. The first-order valence-corrected chi connectivity index (χ1v) is 10.7. The van der Waals surface area contributed by atoms with Crippen molar-refractivity contribution in [3.05, 3.63) is 40.3 Å². The van der Waals surface area contributed by atoms with Crippen LogP contribution in [0.1, 0.15) is 46.0 Å². The number of carbonyl (C=O) groups is 2. The van der Waals surface area contributed by atoms with E-state index in [1.54, 1.807) is 17.7 Å². The third kappa shape index (κ3) is 3.47. The SMILES string of the molecule is CC(=O)c1c(C)[nH]c(C(=O)C(C)N2CCN(c3ncnc4sccc34)CC2)c1C. The summed E-state index contributed by atoms with van der Waals surface area (Å²) in [7, 11) is 0. The van der Waals surface area contributed by atoms with Gasteiger partial charge in [-0.3, -0.25) is 14.5 Å². The van der Waals surface area contributed by atoms with Crippen LogP contribution in [0.25, 0.3) is 10.2 Å². The molecule has 3 aromatic heterocycles. The van der Waals surface area contributed by atoms with Crippen LogP contribution in [0.2, 0.25) is 0 Å². The number of aryl methyl sites for hydroxylation is 1. The van der Waals surface area contributed by atoms with Gasteiger partial charge in [-0.1, -0.05) is 0 Å². The Kier molecular flexibility index (Phi) is 5.23. The lowest BCUT2D eigenvalue weighted by Gasteiger charge is -2.38. The molecular weight excluding hydrogens is 386 g/mol. The van der Waals surface area contributed by atoms with Gasteiger partial charge in [-0.25, -0.2) is 9.97 Å². The van der Waals surface area contributed by atoms with Gasteiger partial charge in [0.2, 0.25) is 0 Å². The Labute approximate surface area is 173 Å². The second-order valence-electron chi connectivity index (χ2n) is 7.58. The second kappa shape index (κ2) is 7.68. The Bertz CT molecular complexity index is 1080. The first-order chi connectivity index (χ1) is 13.9. The molecule has 1 unspecified atom stereocenters. The van der Waals surface area contributed by atoms with Crippen molar-refractivity contribution in [1.29, 1.82) is 0 Å². The molecule has 152 valence electrons.